The maximum atomic E-state index is 12.7. The van der Waals surface area contributed by atoms with Crippen LogP contribution in [-0.2, 0) is 38.1 Å². The van der Waals surface area contributed by atoms with Crippen molar-refractivity contribution in [2.24, 2.45) is 17.2 Å². The Morgan fingerprint density at radius 2 is 0.945 bits per heavy atom. The molecule has 0 aliphatic carbocycles. The zero-order valence-electron chi connectivity index (χ0n) is 32.3. The van der Waals surface area contributed by atoms with Crippen molar-refractivity contribution in [3.8, 4) is 0 Å². The first-order valence-electron chi connectivity index (χ1n) is 15.8. The van der Waals surface area contributed by atoms with Crippen LogP contribution in [0.3, 0.4) is 0 Å². The van der Waals surface area contributed by atoms with E-state index < -0.39 is 78.5 Å². The van der Waals surface area contributed by atoms with E-state index in [1.807, 2.05) is 0 Å². The number of nitrogens with one attached hydrogen (secondary N) is 2. The van der Waals surface area contributed by atoms with Crippen LogP contribution >= 0.6 is 37.2 Å². The van der Waals surface area contributed by atoms with Gasteiger partial charge in [-0.2, -0.15) is 0 Å². The Balaban J connectivity index is -0.0000000860. The number of rotatable bonds is 15. The van der Waals surface area contributed by atoms with E-state index in [9.17, 15) is 46.3 Å². The van der Waals surface area contributed by atoms with Gasteiger partial charge in [0.1, 0.15) is 24.4 Å². The lowest BCUT2D eigenvalue weighted by Gasteiger charge is -2.19. The van der Waals surface area contributed by atoms with Gasteiger partial charge in [0.25, 0.3) is 0 Å². The van der Waals surface area contributed by atoms with Crippen molar-refractivity contribution in [2.45, 2.75) is 104 Å². The SMILES string of the molecule is CC(C)(C)OC(=O)NCCO.CCC(F)C(=O)O.CCC(F)C(=O)OCCNC(=O)OC(C)(C)C.Cl.Cl.Cl.NCC(F)C(=O)O.NCCOC(=O)C(F)CN. The summed E-state index contributed by atoms with van der Waals surface area (Å²) < 4.78 is 66.9. The number of carboxylic acids is 2. The molecule has 334 valence electrons. The highest BCUT2D eigenvalue weighted by Gasteiger charge is 2.18. The number of aliphatic carboxylic acids is 2. The van der Waals surface area contributed by atoms with Crippen LogP contribution in [0.5, 0.6) is 0 Å². The molecule has 55 heavy (non-hydrogen) atoms. The Labute approximate surface area is 337 Å². The number of ether oxygens (including phenoxy) is 4. The number of carbonyl (C=O) groups is 6. The van der Waals surface area contributed by atoms with Gasteiger partial charge in [-0.15, -0.1) is 37.2 Å². The predicted molar refractivity (Wildman–Crippen MR) is 202 cm³/mol. The molecule has 0 aromatic rings. The molecule has 0 fully saturated rings. The van der Waals surface area contributed by atoms with Crippen molar-refractivity contribution in [2.75, 3.05) is 52.5 Å². The van der Waals surface area contributed by atoms with Crippen molar-refractivity contribution < 1.29 is 80.6 Å². The van der Waals surface area contributed by atoms with Crippen LogP contribution in [0.15, 0.2) is 0 Å². The van der Waals surface area contributed by atoms with Crippen LogP contribution in [-0.4, -0.2) is 140 Å². The van der Waals surface area contributed by atoms with Gasteiger partial charge in [-0.25, -0.2) is 46.3 Å². The number of nitrogens with two attached hydrogens (primary N) is 3. The molecule has 0 aromatic heterocycles. The van der Waals surface area contributed by atoms with Crippen LogP contribution in [0.25, 0.3) is 0 Å². The lowest BCUT2D eigenvalue weighted by Crippen LogP contribution is -2.35. The van der Waals surface area contributed by atoms with Crippen molar-refractivity contribution in [1.82, 2.24) is 10.6 Å². The Kier molecular flexibility index (Phi) is 53.2. The fourth-order valence-electron chi connectivity index (χ4n) is 1.97. The standard InChI is InChI=1S/C11H20FNO4.C7H15NO3.C5H11FN2O2.C4H7FO2.C3H6FNO2.3ClH/c1-5-8(12)9(14)16-7-6-13-10(15)17-11(2,3)4;1-7(2,3)11-6(10)8-4-5-9;6-4(3-8)5(9)10-2-1-7;1-2-3(5)4(6)7;4-2(1-5)3(6)7;;;/h8H,5-7H2,1-4H3,(H,13,15);9H,4-5H2,1-3H3,(H,8,10);4H,1-3,7-8H2;3H,2H2,1H3,(H,6,7);2H,1,5H2,(H,6,7);3*1H. The second kappa shape index (κ2) is 42.0. The third-order valence-corrected chi connectivity index (χ3v) is 4.33. The number of carbonyl (C=O) groups excluding carboxylic acids is 4. The molecule has 0 saturated heterocycles. The first-order chi connectivity index (χ1) is 23.8. The van der Waals surface area contributed by atoms with Crippen LogP contribution in [0.1, 0.15) is 68.2 Å². The average molecular weight is 883 g/mol. The summed E-state index contributed by atoms with van der Waals surface area (Å²) in [6, 6.07) is 0. The van der Waals surface area contributed by atoms with Gasteiger partial charge in [-0.1, -0.05) is 13.8 Å². The van der Waals surface area contributed by atoms with Crippen LogP contribution in [0, 0.1) is 0 Å². The molecule has 4 unspecified atom stereocenters. The fourth-order valence-corrected chi connectivity index (χ4v) is 1.97. The molecule has 11 N–H and O–H groups in total. The second-order valence-electron chi connectivity index (χ2n) is 11.5. The van der Waals surface area contributed by atoms with Crippen molar-refractivity contribution >= 4 is 73.3 Å². The highest BCUT2D eigenvalue weighted by atomic mass is 35.5. The Hall–Kier alpha value is -3.15. The number of alkyl carbamates (subject to hydrolysis) is 2. The molecule has 2 amide bonds. The highest BCUT2D eigenvalue weighted by Crippen LogP contribution is 2.07. The summed E-state index contributed by atoms with van der Waals surface area (Å²) in [6.45, 7) is 13.2. The van der Waals surface area contributed by atoms with Gasteiger partial charge >= 0.3 is 36.1 Å². The number of halogens is 7. The highest BCUT2D eigenvalue weighted by molar-refractivity contribution is 5.86. The number of alkyl halides is 4. The summed E-state index contributed by atoms with van der Waals surface area (Å²) in [6.07, 6.45) is -7.86. The van der Waals surface area contributed by atoms with E-state index >= 15 is 0 Å². The van der Waals surface area contributed by atoms with Gasteiger partial charge in [0.05, 0.1) is 13.2 Å². The van der Waals surface area contributed by atoms with Crippen LogP contribution < -0.4 is 27.8 Å². The summed E-state index contributed by atoms with van der Waals surface area (Å²) in [7, 11) is 0. The zero-order chi connectivity index (χ0) is 42.1. The topological polar surface area (TPSA) is 302 Å². The first kappa shape index (κ1) is 69.7. The van der Waals surface area contributed by atoms with Crippen molar-refractivity contribution in [3.05, 3.63) is 0 Å². The van der Waals surface area contributed by atoms with Gasteiger partial charge in [-0.05, 0) is 54.4 Å². The molecule has 4 atom stereocenters. The quantitative estimate of drug-likeness (QED) is 0.0507. The van der Waals surface area contributed by atoms with E-state index in [0.717, 1.165) is 0 Å². The molecule has 18 nitrogen and oxygen atoms in total. The largest absolute Gasteiger partial charge is 0.479 e. The molecule has 0 heterocycles. The smallest absolute Gasteiger partial charge is 0.407 e. The zero-order valence-corrected chi connectivity index (χ0v) is 34.7. The van der Waals surface area contributed by atoms with E-state index in [1.165, 1.54) is 6.92 Å². The number of aliphatic hydroxyl groups excluding tert-OH is 1. The number of carboxylic acid groups (broad SMARTS) is 2. The molecule has 0 rings (SSSR count). The Morgan fingerprint density at radius 3 is 1.20 bits per heavy atom. The van der Waals surface area contributed by atoms with E-state index in [1.54, 1.807) is 48.5 Å². The molecular weight excluding hydrogens is 821 g/mol. The maximum Gasteiger partial charge on any atom is 0.407 e. The average Bonchev–Trinajstić information content (AvgIpc) is 3.05. The number of hydrogen-bond donors (Lipinski definition) is 8. The molecule has 0 saturated carbocycles. The molecule has 0 aliphatic heterocycles. The summed E-state index contributed by atoms with van der Waals surface area (Å²) >= 11 is 0. The Bertz CT molecular complexity index is 985. The molecule has 0 spiro atoms. The third kappa shape index (κ3) is 57.7. The minimum absolute atomic E-state index is 0. The molecule has 25 heteroatoms. The summed E-state index contributed by atoms with van der Waals surface area (Å²) in [5, 5.41) is 28.6. The van der Waals surface area contributed by atoms with Crippen LogP contribution in [0.4, 0.5) is 27.2 Å². The van der Waals surface area contributed by atoms with Crippen molar-refractivity contribution in [3.63, 3.8) is 0 Å². The monoisotopic (exact) mass is 881 g/mol. The molecule has 0 radical (unpaired) electrons. The Morgan fingerprint density at radius 1 is 0.600 bits per heavy atom. The predicted octanol–water partition coefficient (Wildman–Crippen LogP) is 2.54. The van der Waals surface area contributed by atoms with Gasteiger partial charge in [0.2, 0.25) is 12.3 Å². The van der Waals surface area contributed by atoms with E-state index in [-0.39, 0.29) is 96.1 Å². The number of esters is 2. The van der Waals surface area contributed by atoms with E-state index in [2.05, 4.69) is 25.8 Å². The molecule has 0 aliphatic rings. The molecular formula is C30H62Cl3F4N5O13. The number of amides is 2. The number of aliphatic hydroxyl groups is 1. The number of hydrogen-bond acceptors (Lipinski definition) is 14. The van der Waals surface area contributed by atoms with Gasteiger partial charge in [0, 0.05) is 26.2 Å². The normalized spacial score (nSPS) is 11.9. The summed E-state index contributed by atoms with van der Waals surface area (Å²) in [5.74, 6) is -4.71. The second-order valence-corrected chi connectivity index (χ2v) is 11.5. The lowest BCUT2D eigenvalue weighted by atomic mass is 10.2. The van der Waals surface area contributed by atoms with Crippen LogP contribution in [0.2, 0.25) is 0 Å². The summed E-state index contributed by atoms with van der Waals surface area (Å²) in [5.41, 5.74) is 13.4. The van der Waals surface area contributed by atoms with Gasteiger partial charge < -0.3 is 62.1 Å². The van der Waals surface area contributed by atoms with Gasteiger partial charge in [-0.3, -0.25) is 0 Å². The fraction of sp³-hybridized carbons (Fsp3) is 0.800. The van der Waals surface area contributed by atoms with Gasteiger partial charge in [0.15, 0.2) is 12.3 Å². The third-order valence-electron chi connectivity index (χ3n) is 4.33. The maximum absolute atomic E-state index is 12.7. The lowest BCUT2D eigenvalue weighted by molar-refractivity contribution is -0.150. The van der Waals surface area contributed by atoms with E-state index in [0.29, 0.717) is 0 Å². The molecule has 0 bridgehead atoms. The minimum Gasteiger partial charge on any atom is -0.479 e. The van der Waals surface area contributed by atoms with Crippen molar-refractivity contribution in [1.29, 1.82) is 0 Å². The summed E-state index contributed by atoms with van der Waals surface area (Å²) in [4.78, 5) is 62.3. The first-order valence-corrected chi connectivity index (χ1v) is 15.8. The van der Waals surface area contributed by atoms with E-state index in [4.69, 9.17) is 36.3 Å². The molecule has 0 aromatic carbocycles. The minimum atomic E-state index is -1.90.